The number of phenols is 1. The van der Waals surface area contributed by atoms with Gasteiger partial charge in [-0.3, -0.25) is 4.90 Å². The lowest BCUT2D eigenvalue weighted by atomic mass is 9.89. The fourth-order valence-electron chi connectivity index (χ4n) is 4.31. The van der Waals surface area contributed by atoms with Crippen molar-refractivity contribution in [3.63, 3.8) is 0 Å². The Hall–Kier alpha value is -3.25. The lowest BCUT2D eigenvalue weighted by molar-refractivity contribution is 0.256. The van der Waals surface area contributed by atoms with Crippen LogP contribution < -0.4 is 14.2 Å². The summed E-state index contributed by atoms with van der Waals surface area (Å²) >= 11 is 0. The quantitative estimate of drug-likeness (QED) is 0.574. The van der Waals surface area contributed by atoms with E-state index in [1.807, 2.05) is 36.4 Å². The van der Waals surface area contributed by atoms with Crippen molar-refractivity contribution in [1.82, 2.24) is 4.90 Å². The highest BCUT2D eigenvalue weighted by atomic mass is 19.1. The maximum absolute atomic E-state index is 13.2. The van der Waals surface area contributed by atoms with Gasteiger partial charge < -0.3 is 19.3 Å². The first-order valence-corrected chi connectivity index (χ1v) is 10.6. The minimum atomic E-state index is -0.219. The van der Waals surface area contributed by atoms with Crippen LogP contribution in [0.5, 0.6) is 23.0 Å². The molecule has 0 saturated heterocycles. The Morgan fingerprint density at radius 2 is 1.69 bits per heavy atom. The van der Waals surface area contributed by atoms with Crippen LogP contribution in [0.25, 0.3) is 11.1 Å². The van der Waals surface area contributed by atoms with E-state index >= 15 is 0 Å². The van der Waals surface area contributed by atoms with Crippen molar-refractivity contribution in [3.05, 3.63) is 71.0 Å². The van der Waals surface area contributed by atoms with E-state index in [4.69, 9.17) is 14.2 Å². The van der Waals surface area contributed by atoms with E-state index in [0.29, 0.717) is 23.8 Å². The molecule has 0 unspecified atom stereocenters. The molecular formula is C26H28FNO4. The second-order valence-electron chi connectivity index (χ2n) is 7.91. The fraction of sp³-hybridized carbons (Fsp3) is 0.308. The standard InChI is InChI=1S/C26H28FNO4/c1-30-20-8-9-21(23(15-20)31-2)25-22-16-28(12-10-17-4-6-19(27)7-5-17)13-11-18(22)14-24(32-3)26(25)29/h4-9,14-15,29H,10-13,16H2,1-3H3. The summed E-state index contributed by atoms with van der Waals surface area (Å²) < 4.78 is 29.6. The van der Waals surface area contributed by atoms with E-state index in [-0.39, 0.29) is 11.6 Å². The molecule has 1 aliphatic heterocycles. The van der Waals surface area contributed by atoms with Crippen molar-refractivity contribution >= 4 is 0 Å². The van der Waals surface area contributed by atoms with Gasteiger partial charge in [-0.1, -0.05) is 12.1 Å². The Morgan fingerprint density at radius 3 is 2.38 bits per heavy atom. The Morgan fingerprint density at radius 1 is 0.938 bits per heavy atom. The molecular weight excluding hydrogens is 409 g/mol. The summed E-state index contributed by atoms with van der Waals surface area (Å²) in [4.78, 5) is 2.36. The highest BCUT2D eigenvalue weighted by Gasteiger charge is 2.26. The molecule has 0 bridgehead atoms. The summed E-state index contributed by atoms with van der Waals surface area (Å²) in [5.41, 5.74) is 4.85. The molecule has 0 atom stereocenters. The highest BCUT2D eigenvalue weighted by Crippen LogP contribution is 2.47. The number of fused-ring (bicyclic) bond motifs is 1. The van der Waals surface area contributed by atoms with Gasteiger partial charge in [0.25, 0.3) is 0 Å². The van der Waals surface area contributed by atoms with Crippen LogP contribution in [0, 0.1) is 5.82 Å². The van der Waals surface area contributed by atoms with Gasteiger partial charge in [0.15, 0.2) is 11.5 Å². The van der Waals surface area contributed by atoms with Gasteiger partial charge in [0.1, 0.15) is 17.3 Å². The molecule has 0 saturated carbocycles. The molecule has 4 rings (SSSR count). The number of halogens is 1. The Bertz CT molecular complexity index is 1100. The maximum atomic E-state index is 13.2. The number of hydrogen-bond acceptors (Lipinski definition) is 5. The van der Waals surface area contributed by atoms with Crippen molar-refractivity contribution in [2.75, 3.05) is 34.4 Å². The van der Waals surface area contributed by atoms with Gasteiger partial charge in [0.05, 0.1) is 21.3 Å². The van der Waals surface area contributed by atoms with Gasteiger partial charge >= 0.3 is 0 Å². The van der Waals surface area contributed by atoms with Gasteiger partial charge in [0, 0.05) is 36.8 Å². The predicted molar refractivity (Wildman–Crippen MR) is 122 cm³/mol. The van der Waals surface area contributed by atoms with Crippen LogP contribution in [0.3, 0.4) is 0 Å². The van der Waals surface area contributed by atoms with Crippen molar-refractivity contribution < 1.29 is 23.7 Å². The molecule has 0 fully saturated rings. The number of aromatic hydroxyl groups is 1. The number of benzene rings is 3. The molecule has 3 aromatic carbocycles. The number of methoxy groups -OCH3 is 3. The molecule has 0 radical (unpaired) electrons. The van der Waals surface area contributed by atoms with Gasteiger partial charge in [-0.25, -0.2) is 4.39 Å². The summed E-state index contributed by atoms with van der Waals surface area (Å²) in [5, 5.41) is 11.1. The number of phenolic OH excluding ortho intramolecular Hbond substituents is 1. The molecule has 32 heavy (non-hydrogen) atoms. The zero-order chi connectivity index (χ0) is 22.7. The van der Waals surface area contributed by atoms with Crippen LogP contribution in [0.1, 0.15) is 16.7 Å². The third-order valence-corrected chi connectivity index (χ3v) is 6.07. The number of hydrogen-bond donors (Lipinski definition) is 1. The smallest absolute Gasteiger partial charge is 0.166 e. The van der Waals surface area contributed by atoms with Crippen LogP contribution in [0.15, 0.2) is 48.5 Å². The molecule has 1 N–H and O–H groups in total. The highest BCUT2D eigenvalue weighted by molar-refractivity contribution is 5.82. The average Bonchev–Trinajstić information content (AvgIpc) is 2.83. The zero-order valence-corrected chi connectivity index (χ0v) is 18.7. The topological polar surface area (TPSA) is 51.2 Å². The van der Waals surface area contributed by atoms with Crippen LogP contribution >= 0.6 is 0 Å². The van der Waals surface area contributed by atoms with Gasteiger partial charge in [-0.15, -0.1) is 0 Å². The lowest BCUT2D eigenvalue weighted by Gasteiger charge is -2.31. The molecule has 0 aromatic heterocycles. The maximum Gasteiger partial charge on any atom is 0.166 e. The molecule has 5 nitrogen and oxygen atoms in total. The van der Waals surface area contributed by atoms with Crippen molar-refractivity contribution in [1.29, 1.82) is 0 Å². The van der Waals surface area contributed by atoms with Gasteiger partial charge in [0.2, 0.25) is 0 Å². The molecule has 0 aliphatic carbocycles. The first kappa shape index (κ1) is 22.0. The molecule has 0 amide bonds. The third kappa shape index (κ3) is 4.36. The largest absolute Gasteiger partial charge is 0.504 e. The van der Waals surface area contributed by atoms with Crippen LogP contribution in [-0.4, -0.2) is 44.4 Å². The van der Waals surface area contributed by atoms with Crippen molar-refractivity contribution in [2.45, 2.75) is 19.4 Å². The Labute approximate surface area is 188 Å². The lowest BCUT2D eigenvalue weighted by Crippen LogP contribution is -2.32. The predicted octanol–water partition coefficient (Wildman–Crippen LogP) is 4.82. The zero-order valence-electron chi connectivity index (χ0n) is 18.7. The number of rotatable bonds is 7. The Kier molecular flexibility index (Phi) is 6.51. The summed E-state index contributed by atoms with van der Waals surface area (Å²) in [6, 6.07) is 14.2. The summed E-state index contributed by atoms with van der Waals surface area (Å²) in [6.07, 6.45) is 1.68. The minimum Gasteiger partial charge on any atom is -0.504 e. The van der Waals surface area contributed by atoms with E-state index in [1.165, 1.54) is 12.1 Å². The SMILES string of the molecule is COc1ccc(-c2c(O)c(OC)cc3c2CN(CCc2ccc(F)cc2)CC3)c(OC)c1. The normalized spacial score (nSPS) is 13.5. The molecule has 1 aliphatic rings. The second-order valence-corrected chi connectivity index (χ2v) is 7.91. The molecule has 168 valence electrons. The van der Waals surface area contributed by atoms with Crippen LogP contribution in [0.4, 0.5) is 4.39 Å². The van der Waals surface area contributed by atoms with Crippen molar-refractivity contribution in [3.8, 4) is 34.1 Å². The molecule has 1 heterocycles. The van der Waals surface area contributed by atoms with E-state index < -0.39 is 0 Å². The third-order valence-electron chi connectivity index (χ3n) is 6.07. The fourth-order valence-corrected chi connectivity index (χ4v) is 4.31. The first-order valence-electron chi connectivity index (χ1n) is 10.6. The van der Waals surface area contributed by atoms with Gasteiger partial charge in [-0.2, -0.15) is 0 Å². The second kappa shape index (κ2) is 9.49. The summed E-state index contributed by atoms with van der Waals surface area (Å²) in [6.45, 7) is 2.44. The van der Waals surface area contributed by atoms with E-state index in [2.05, 4.69) is 4.90 Å². The molecule has 0 spiro atoms. The number of nitrogens with zero attached hydrogens (tertiary/aromatic N) is 1. The van der Waals surface area contributed by atoms with E-state index in [9.17, 15) is 9.50 Å². The van der Waals surface area contributed by atoms with Crippen LogP contribution in [0.2, 0.25) is 0 Å². The monoisotopic (exact) mass is 437 g/mol. The first-order chi connectivity index (χ1) is 15.5. The molecule has 6 heteroatoms. The van der Waals surface area contributed by atoms with Crippen molar-refractivity contribution in [2.24, 2.45) is 0 Å². The summed E-state index contributed by atoms with van der Waals surface area (Å²) in [5.74, 6) is 1.65. The molecule has 3 aromatic rings. The van der Waals surface area contributed by atoms with E-state index in [0.717, 1.165) is 53.7 Å². The Balaban J connectivity index is 1.69. The van der Waals surface area contributed by atoms with Crippen LogP contribution in [-0.2, 0) is 19.4 Å². The number of ether oxygens (including phenoxy) is 3. The summed E-state index contributed by atoms with van der Waals surface area (Å²) in [7, 11) is 4.78. The minimum absolute atomic E-state index is 0.107. The van der Waals surface area contributed by atoms with Gasteiger partial charge in [-0.05, 0) is 59.9 Å². The van der Waals surface area contributed by atoms with E-state index in [1.54, 1.807) is 21.3 Å². The average molecular weight is 438 g/mol.